The predicted octanol–water partition coefficient (Wildman–Crippen LogP) is 3.95. The minimum atomic E-state index is -2.68. The number of hydrogen-bond acceptors (Lipinski definition) is 2. The van der Waals surface area contributed by atoms with Crippen LogP contribution in [0.1, 0.15) is 20.8 Å². The molecule has 0 fully saturated rings. The number of azide groups is 1. The predicted molar refractivity (Wildman–Crippen MR) is 62.1 cm³/mol. The molecule has 0 aromatic heterocycles. The Labute approximate surface area is 95.7 Å². The maximum absolute atomic E-state index is 12.4. The fourth-order valence-electron chi connectivity index (χ4n) is 0.733. The molecule has 7 heteroatoms. The van der Waals surface area contributed by atoms with Gasteiger partial charge in [0.25, 0.3) is 0 Å². The summed E-state index contributed by atoms with van der Waals surface area (Å²) in [7, 11) is -2.06. The highest BCUT2D eigenvalue weighted by Gasteiger charge is 2.38. The molecule has 0 unspecified atom stereocenters. The van der Waals surface area contributed by atoms with Crippen molar-refractivity contribution in [3.8, 4) is 0 Å². The summed E-state index contributed by atoms with van der Waals surface area (Å²) in [5, 5.41) is 2.99. The van der Waals surface area contributed by atoms with Crippen LogP contribution >= 0.6 is 0 Å². The van der Waals surface area contributed by atoms with Gasteiger partial charge in [0, 0.05) is 11.5 Å². The molecule has 0 heterocycles. The number of nitrogens with zero attached hydrogens (tertiary/aromatic N) is 3. The van der Waals surface area contributed by atoms with Crippen molar-refractivity contribution in [2.45, 2.75) is 51.4 Å². The quantitative estimate of drug-likeness (QED) is 0.316. The van der Waals surface area contributed by atoms with Gasteiger partial charge in [-0.3, -0.25) is 0 Å². The molecule has 0 rings (SSSR count). The average molecular weight is 251 g/mol. The molecule has 0 spiro atoms. The van der Waals surface area contributed by atoms with Crippen molar-refractivity contribution in [2.24, 2.45) is 5.11 Å². The normalized spacial score (nSPS) is 14.8. The number of hydrogen-bond donors (Lipinski definition) is 0. The first-order chi connectivity index (χ1) is 7.12. The second kappa shape index (κ2) is 5.61. The van der Waals surface area contributed by atoms with E-state index in [4.69, 9.17) is 9.96 Å². The Morgan fingerprint density at radius 2 is 1.88 bits per heavy atom. The van der Waals surface area contributed by atoms with Crippen LogP contribution < -0.4 is 0 Å². The fraction of sp³-hybridized carbons (Fsp3) is 1.00. The van der Waals surface area contributed by atoms with Crippen LogP contribution in [0.25, 0.3) is 10.4 Å². The lowest BCUT2D eigenvalue weighted by atomic mass is 10.2. The minimum Gasteiger partial charge on any atom is -0.416 e. The highest BCUT2D eigenvalue weighted by atomic mass is 28.4. The van der Waals surface area contributed by atoms with Crippen LogP contribution in [-0.4, -0.2) is 27.4 Å². The van der Waals surface area contributed by atoms with Crippen molar-refractivity contribution in [1.82, 2.24) is 0 Å². The maximum Gasteiger partial charge on any atom is 0.249 e. The van der Waals surface area contributed by atoms with Crippen LogP contribution in [0.4, 0.5) is 8.78 Å². The molecule has 0 N–H and O–H groups in total. The van der Waals surface area contributed by atoms with Gasteiger partial charge in [-0.25, -0.2) is 8.78 Å². The molecule has 0 radical (unpaired) electrons. The van der Waals surface area contributed by atoms with Gasteiger partial charge in [-0.2, -0.15) is 0 Å². The summed E-state index contributed by atoms with van der Waals surface area (Å²) in [4.78, 5) is 2.40. The molecular weight excluding hydrogens is 232 g/mol. The van der Waals surface area contributed by atoms with Crippen LogP contribution in [0, 0.1) is 0 Å². The monoisotopic (exact) mass is 251 g/mol. The van der Waals surface area contributed by atoms with Crippen molar-refractivity contribution in [3.05, 3.63) is 10.4 Å². The van der Waals surface area contributed by atoms with Crippen LogP contribution in [-0.2, 0) is 4.43 Å². The van der Waals surface area contributed by atoms with E-state index >= 15 is 0 Å². The molecule has 4 nitrogen and oxygen atoms in total. The zero-order valence-corrected chi connectivity index (χ0v) is 11.4. The van der Waals surface area contributed by atoms with Crippen molar-refractivity contribution >= 4 is 8.32 Å². The summed E-state index contributed by atoms with van der Waals surface area (Å²) in [6, 6.07) is -1.39. The van der Waals surface area contributed by atoms with Crippen LogP contribution in [0.2, 0.25) is 18.1 Å². The Morgan fingerprint density at radius 3 is 2.19 bits per heavy atom. The van der Waals surface area contributed by atoms with Crippen molar-refractivity contribution in [2.75, 3.05) is 6.61 Å². The third-order valence-electron chi connectivity index (χ3n) is 2.91. The maximum atomic E-state index is 12.4. The van der Waals surface area contributed by atoms with E-state index in [1.54, 1.807) is 0 Å². The molecule has 1 atom stereocenters. The highest BCUT2D eigenvalue weighted by Crippen LogP contribution is 2.36. The van der Waals surface area contributed by atoms with E-state index in [1.165, 1.54) is 0 Å². The molecule has 0 aromatic rings. The third-order valence-corrected chi connectivity index (χ3v) is 7.41. The van der Waals surface area contributed by atoms with Gasteiger partial charge in [0.1, 0.15) is 6.04 Å². The average Bonchev–Trinajstić information content (AvgIpc) is 2.09. The minimum absolute atomic E-state index is 0.0456. The molecule has 0 aliphatic carbocycles. The zero-order valence-electron chi connectivity index (χ0n) is 10.4. The van der Waals surface area contributed by atoms with E-state index in [9.17, 15) is 8.78 Å². The first kappa shape index (κ1) is 15.3. The lowest BCUT2D eigenvalue weighted by Crippen LogP contribution is -2.43. The summed E-state index contributed by atoms with van der Waals surface area (Å²) in [6.07, 6.45) is -2.68. The number of alkyl halides is 2. The van der Waals surface area contributed by atoms with E-state index in [-0.39, 0.29) is 11.6 Å². The van der Waals surface area contributed by atoms with E-state index in [0.717, 1.165) is 0 Å². The highest BCUT2D eigenvalue weighted by molar-refractivity contribution is 6.74. The van der Waals surface area contributed by atoms with E-state index in [1.807, 2.05) is 33.9 Å². The summed E-state index contributed by atoms with van der Waals surface area (Å²) in [5.41, 5.74) is 8.16. The van der Waals surface area contributed by atoms with Gasteiger partial charge in [0.15, 0.2) is 8.32 Å². The molecule has 0 aliphatic rings. The lowest BCUT2D eigenvalue weighted by molar-refractivity contribution is 0.0864. The van der Waals surface area contributed by atoms with Crippen LogP contribution in [0.15, 0.2) is 5.11 Å². The molecule has 0 aromatic carbocycles. The Bertz CT molecular complexity index is 272. The lowest BCUT2D eigenvalue weighted by Gasteiger charge is -2.36. The van der Waals surface area contributed by atoms with Crippen molar-refractivity contribution in [1.29, 1.82) is 0 Å². The van der Waals surface area contributed by atoms with Gasteiger partial charge in [-0.15, -0.1) is 0 Å². The van der Waals surface area contributed by atoms with E-state index in [0.29, 0.717) is 0 Å². The topological polar surface area (TPSA) is 58.0 Å². The Hall–Kier alpha value is -0.653. The summed E-state index contributed by atoms with van der Waals surface area (Å²) in [6.45, 7) is 9.77. The van der Waals surface area contributed by atoms with E-state index in [2.05, 4.69) is 10.0 Å². The number of rotatable bonds is 5. The zero-order chi connectivity index (χ0) is 13.0. The molecule has 16 heavy (non-hydrogen) atoms. The molecular formula is C9H19F2N3OSi. The Morgan fingerprint density at radius 1 is 1.38 bits per heavy atom. The SMILES string of the molecule is CC(C)(C)[Si](C)(C)OC[C@@H](N=[N+]=[N-])C(F)F. The second-order valence-corrected chi connectivity index (χ2v) is 9.99. The summed E-state index contributed by atoms with van der Waals surface area (Å²) in [5.74, 6) is 0. The molecule has 0 saturated heterocycles. The molecule has 0 aliphatic heterocycles. The molecule has 0 amide bonds. The van der Waals surface area contributed by atoms with Gasteiger partial charge in [-0.1, -0.05) is 25.9 Å². The largest absolute Gasteiger partial charge is 0.416 e. The van der Waals surface area contributed by atoms with Gasteiger partial charge in [-0.05, 0) is 23.7 Å². The van der Waals surface area contributed by atoms with Gasteiger partial charge in [0.2, 0.25) is 6.43 Å². The van der Waals surface area contributed by atoms with Gasteiger partial charge >= 0.3 is 0 Å². The summed E-state index contributed by atoms with van der Waals surface area (Å²) >= 11 is 0. The van der Waals surface area contributed by atoms with Crippen LogP contribution in [0.3, 0.4) is 0 Å². The second-order valence-electron chi connectivity index (χ2n) is 5.18. The first-order valence-corrected chi connectivity index (χ1v) is 7.99. The van der Waals surface area contributed by atoms with Crippen molar-refractivity contribution in [3.63, 3.8) is 0 Å². The third kappa shape index (κ3) is 4.47. The van der Waals surface area contributed by atoms with Gasteiger partial charge < -0.3 is 4.43 Å². The smallest absolute Gasteiger partial charge is 0.249 e. The van der Waals surface area contributed by atoms with Gasteiger partial charge in [0.05, 0.1) is 0 Å². The number of halogens is 2. The van der Waals surface area contributed by atoms with E-state index < -0.39 is 20.8 Å². The molecule has 0 saturated carbocycles. The first-order valence-electron chi connectivity index (χ1n) is 5.08. The molecule has 94 valence electrons. The fourth-order valence-corrected chi connectivity index (χ4v) is 1.75. The Balaban J connectivity index is 4.47. The van der Waals surface area contributed by atoms with Crippen molar-refractivity contribution < 1.29 is 13.2 Å². The standard InChI is InChI=1S/C9H19F2N3OSi/c1-9(2,3)16(4,5)15-6-7(8(10)11)13-14-12/h7-8H,6H2,1-5H3/t7-/m1/s1. The summed E-state index contributed by atoms with van der Waals surface area (Å²) < 4.78 is 30.4. The van der Waals surface area contributed by atoms with Crippen LogP contribution in [0.5, 0.6) is 0 Å². The molecule has 0 bridgehead atoms. The Kier molecular flexibility index (Phi) is 5.38.